The molecule has 0 amide bonds. The van der Waals surface area contributed by atoms with Crippen LogP contribution in [0, 0.1) is 5.82 Å². The van der Waals surface area contributed by atoms with Crippen molar-refractivity contribution in [1.29, 1.82) is 0 Å². The summed E-state index contributed by atoms with van der Waals surface area (Å²) < 4.78 is 19.9. The smallest absolute Gasteiger partial charge is 0.350 e. The van der Waals surface area contributed by atoms with Gasteiger partial charge in [0.15, 0.2) is 0 Å². The van der Waals surface area contributed by atoms with Crippen LogP contribution in [0.25, 0.3) is 21.9 Å². The molecule has 4 aromatic rings. The Morgan fingerprint density at radius 2 is 1.90 bits per heavy atom. The molecule has 2 aromatic heterocycles. The summed E-state index contributed by atoms with van der Waals surface area (Å²) >= 11 is 0. The number of benzene rings is 2. The Bertz CT molecular complexity index is 1320. The molecular weight excluding hydrogens is 375 g/mol. The molecule has 0 bridgehead atoms. The molecule has 0 saturated heterocycles. The number of aromatic nitrogens is 3. The van der Waals surface area contributed by atoms with Gasteiger partial charge in [-0.1, -0.05) is 13.3 Å². The van der Waals surface area contributed by atoms with Gasteiger partial charge in [0.1, 0.15) is 17.1 Å². The minimum Gasteiger partial charge on any atom is -0.494 e. The maximum Gasteiger partial charge on any atom is 0.350 e. The van der Waals surface area contributed by atoms with E-state index < -0.39 is 17.1 Å². The molecule has 0 fully saturated rings. The van der Waals surface area contributed by atoms with E-state index in [4.69, 9.17) is 4.74 Å². The van der Waals surface area contributed by atoms with Gasteiger partial charge in [-0.2, -0.15) is 5.10 Å². The van der Waals surface area contributed by atoms with Crippen molar-refractivity contribution in [2.45, 2.75) is 19.8 Å². The number of unbranched alkanes of at least 4 members (excludes halogenated alkanes) is 1. The SMILES string of the molecule is CCCCOc1ccc(/C=N/n2c(=O)[nH]c3c([nH]c4ccc(F)cc43)c2=O)cc1. The molecule has 0 aliphatic heterocycles. The summed E-state index contributed by atoms with van der Waals surface area (Å²) in [5.74, 6) is 0.293. The van der Waals surface area contributed by atoms with Crippen LogP contribution in [-0.4, -0.2) is 27.5 Å². The monoisotopic (exact) mass is 394 g/mol. The van der Waals surface area contributed by atoms with E-state index in [-0.39, 0.29) is 11.0 Å². The zero-order valence-electron chi connectivity index (χ0n) is 15.7. The summed E-state index contributed by atoms with van der Waals surface area (Å²) in [6.07, 6.45) is 3.46. The average molecular weight is 394 g/mol. The maximum atomic E-state index is 13.5. The Kier molecular flexibility index (Phi) is 4.99. The summed E-state index contributed by atoms with van der Waals surface area (Å²) in [6, 6.07) is 11.2. The number of nitrogens with zero attached hydrogens (tertiary/aromatic N) is 2. The van der Waals surface area contributed by atoms with Gasteiger partial charge in [-0.25, -0.2) is 9.18 Å². The number of aromatic amines is 2. The Labute approximate surface area is 164 Å². The van der Waals surface area contributed by atoms with Crippen LogP contribution in [-0.2, 0) is 0 Å². The van der Waals surface area contributed by atoms with E-state index in [1.54, 1.807) is 24.3 Å². The molecule has 0 atom stereocenters. The number of fused-ring (bicyclic) bond motifs is 3. The van der Waals surface area contributed by atoms with Crippen molar-refractivity contribution in [3.63, 3.8) is 0 Å². The first-order valence-electron chi connectivity index (χ1n) is 9.30. The molecule has 0 aliphatic carbocycles. The molecular formula is C21H19FN4O3. The van der Waals surface area contributed by atoms with E-state index in [0.717, 1.165) is 23.3 Å². The van der Waals surface area contributed by atoms with E-state index in [2.05, 4.69) is 22.0 Å². The van der Waals surface area contributed by atoms with Gasteiger partial charge in [-0.05, 0) is 54.4 Å². The number of ether oxygens (including phenoxy) is 1. The Balaban J connectivity index is 1.66. The van der Waals surface area contributed by atoms with Gasteiger partial charge < -0.3 is 14.7 Å². The first-order valence-corrected chi connectivity index (χ1v) is 9.30. The molecule has 4 rings (SSSR count). The molecule has 2 N–H and O–H groups in total. The van der Waals surface area contributed by atoms with Crippen molar-refractivity contribution in [2.24, 2.45) is 5.10 Å². The second-order valence-electron chi connectivity index (χ2n) is 6.63. The lowest BCUT2D eigenvalue weighted by molar-refractivity contribution is 0.309. The number of hydrogen-bond donors (Lipinski definition) is 2. The van der Waals surface area contributed by atoms with Crippen molar-refractivity contribution < 1.29 is 9.13 Å². The van der Waals surface area contributed by atoms with Crippen LogP contribution in [0.15, 0.2) is 57.2 Å². The quantitative estimate of drug-likeness (QED) is 0.388. The fourth-order valence-corrected chi connectivity index (χ4v) is 3.03. The van der Waals surface area contributed by atoms with Gasteiger partial charge in [0.05, 0.1) is 18.3 Å². The molecule has 7 nitrogen and oxygen atoms in total. The summed E-state index contributed by atoms with van der Waals surface area (Å²) in [6.45, 7) is 2.75. The van der Waals surface area contributed by atoms with E-state index in [1.165, 1.54) is 24.4 Å². The summed E-state index contributed by atoms with van der Waals surface area (Å²) in [4.78, 5) is 30.6. The lowest BCUT2D eigenvalue weighted by Crippen LogP contribution is -2.32. The molecule has 0 radical (unpaired) electrons. The van der Waals surface area contributed by atoms with E-state index >= 15 is 0 Å². The highest BCUT2D eigenvalue weighted by Gasteiger charge is 2.13. The van der Waals surface area contributed by atoms with Crippen LogP contribution in [0.2, 0.25) is 0 Å². The highest BCUT2D eigenvalue weighted by molar-refractivity contribution is 6.04. The van der Waals surface area contributed by atoms with Crippen molar-refractivity contribution in [1.82, 2.24) is 14.6 Å². The Morgan fingerprint density at radius 1 is 1.10 bits per heavy atom. The molecule has 8 heteroatoms. The molecule has 0 unspecified atom stereocenters. The van der Waals surface area contributed by atoms with Crippen LogP contribution in [0.4, 0.5) is 4.39 Å². The summed E-state index contributed by atoms with van der Waals surface area (Å²) in [5.41, 5.74) is 0.351. The fourth-order valence-electron chi connectivity index (χ4n) is 3.03. The molecule has 0 aliphatic rings. The van der Waals surface area contributed by atoms with Crippen LogP contribution in [0.5, 0.6) is 5.75 Å². The number of H-pyrrole nitrogens is 2. The first kappa shape index (κ1) is 18.7. The van der Waals surface area contributed by atoms with Gasteiger partial charge >= 0.3 is 11.2 Å². The Hall–Kier alpha value is -3.68. The van der Waals surface area contributed by atoms with Gasteiger partial charge in [0, 0.05) is 10.9 Å². The minimum absolute atomic E-state index is 0.155. The molecule has 0 saturated carbocycles. The van der Waals surface area contributed by atoms with Crippen LogP contribution < -0.4 is 16.0 Å². The van der Waals surface area contributed by atoms with E-state index in [0.29, 0.717) is 23.1 Å². The fraction of sp³-hybridized carbons (Fsp3) is 0.190. The normalized spacial score (nSPS) is 11.7. The summed E-state index contributed by atoms with van der Waals surface area (Å²) in [5, 5.41) is 4.45. The van der Waals surface area contributed by atoms with Gasteiger partial charge in [-0.3, -0.25) is 4.79 Å². The zero-order chi connectivity index (χ0) is 20.4. The maximum absolute atomic E-state index is 13.5. The Morgan fingerprint density at radius 3 is 2.66 bits per heavy atom. The molecule has 2 heterocycles. The number of rotatable bonds is 6. The second kappa shape index (κ2) is 7.75. The van der Waals surface area contributed by atoms with E-state index in [9.17, 15) is 14.0 Å². The van der Waals surface area contributed by atoms with Gasteiger partial charge in [0.2, 0.25) is 0 Å². The second-order valence-corrected chi connectivity index (χ2v) is 6.63. The molecule has 148 valence electrons. The third-order valence-corrected chi connectivity index (χ3v) is 4.56. The van der Waals surface area contributed by atoms with Crippen molar-refractivity contribution in [3.8, 4) is 5.75 Å². The highest BCUT2D eigenvalue weighted by Crippen LogP contribution is 2.21. The average Bonchev–Trinajstić information content (AvgIpc) is 3.07. The van der Waals surface area contributed by atoms with Crippen molar-refractivity contribution in [2.75, 3.05) is 6.61 Å². The summed E-state index contributed by atoms with van der Waals surface area (Å²) in [7, 11) is 0. The topological polar surface area (TPSA) is 92.2 Å². The predicted octanol–water partition coefficient (Wildman–Crippen LogP) is 3.37. The number of hydrogen-bond acceptors (Lipinski definition) is 4. The molecule has 2 aromatic carbocycles. The van der Waals surface area contributed by atoms with E-state index in [1.807, 2.05) is 0 Å². The number of nitrogens with one attached hydrogen (secondary N) is 2. The highest BCUT2D eigenvalue weighted by atomic mass is 19.1. The lowest BCUT2D eigenvalue weighted by Gasteiger charge is -2.04. The predicted molar refractivity (Wildman–Crippen MR) is 110 cm³/mol. The largest absolute Gasteiger partial charge is 0.494 e. The third kappa shape index (κ3) is 3.69. The zero-order valence-corrected chi connectivity index (χ0v) is 15.7. The van der Waals surface area contributed by atoms with Crippen molar-refractivity contribution in [3.05, 3.63) is 74.7 Å². The number of halogens is 1. The minimum atomic E-state index is -0.705. The van der Waals surface area contributed by atoms with Crippen LogP contribution >= 0.6 is 0 Å². The van der Waals surface area contributed by atoms with Crippen LogP contribution in [0.1, 0.15) is 25.3 Å². The first-order chi connectivity index (χ1) is 14.1. The van der Waals surface area contributed by atoms with Crippen LogP contribution in [0.3, 0.4) is 0 Å². The third-order valence-electron chi connectivity index (χ3n) is 4.56. The standard InChI is InChI=1S/C21H19FN4O3/c1-2-3-10-29-15-7-4-13(5-8-15)12-23-26-20(27)19-18(25-21(26)28)16-11-14(22)6-9-17(16)24-19/h4-9,11-12,24H,2-3,10H2,1H3,(H,25,28)/b23-12+. The van der Waals surface area contributed by atoms with Crippen molar-refractivity contribution >= 4 is 28.2 Å². The van der Waals surface area contributed by atoms with Gasteiger partial charge in [0.25, 0.3) is 0 Å². The molecule has 29 heavy (non-hydrogen) atoms. The van der Waals surface area contributed by atoms with Gasteiger partial charge in [-0.15, -0.1) is 4.68 Å². The molecule has 0 spiro atoms. The lowest BCUT2D eigenvalue weighted by atomic mass is 10.2.